The van der Waals surface area contributed by atoms with Crippen LogP contribution in [0.4, 0.5) is 0 Å². The van der Waals surface area contributed by atoms with Gasteiger partial charge in [-0.3, -0.25) is 0 Å². The summed E-state index contributed by atoms with van der Waals surface area (Å²) >= 11 is 0. The van der Waals surface area contributed by atoms with Crippen LogP contribution in [0.15, 0.2) is 17.2 Å². The van der Waals surface area contributed by atoms with Crippen LogP contribution in [0.1, 0.15) is 32.1 Å². The lowest BCUT2D eigenvalue weighted by molar-refractivity contribution is 0.153. The molecule has 1 aliphatic carbocycles. The molecule has 0 bridgehead atoms. The van der Waals surface area contributed by atoms with Crippen molar-refractivity contribution in [2.75, 3.05) is 0 Å². The molecule has 4 nitrogen and oxygen atoms in total. The minimum absolute atomic E-state index is 0.302. The van der Waals surface area contributed by atoms with E-state index in [1.54, 1.807) is 6.20 Å². The van der Waals surface area contributed by atoms with Gasteiger partial charge in [0, 0.05) is 6.20 Å². The van der Waals surface area contributed by atoms with Crippen molar-refractivity contribution in [3.05, 3.63) is 22.9 Å². The van der Waals surface area contributed by atoms with Gasteiger partial charge in [-0.1, -0.05) is 6.42 Å². The number of hydrogen-bond acceptors (Lipinski definition) is 3. The highest BCUT2D eigenvalue weighted by molar-refractivity contribution is 5.10. The molecule has 1 N–H and O–H groups in total. The van der Waals surface area contributed by atoms with Crippen molar-refractivity contribution < 1.29 is 4.74 Å². The maximum atomic E-state index is 10.7. The fourth-order valence-electron chi connectivity index (χ4n) is 1.77. The molecular formula is C10H14N2O2. The summed E-state index contributed by atoms with van der Waals surface area (Å²) in [6, 6.07) is 0. The first-order valence-corrected chi connectivity index (χ1v) is 5.06. The Morgan fingerprint density at radius 3 is 2.79 bits per heavy atom. The number of hydrogen-bond donors (Lipinski definition) is 1. The van der Waals surface area contributed by atoms with Crippen molar-refractivity contribution in [2.45, 2.75) is 38.2 Å². The molecule has 0 atom stereocenters. The molecule has 0 spiro atoms. The lowest BCUT2D eigenvalue weighted by Gasteiger charge is -2.22. The third-order valence-electron chi connectivity index (χ3n) is 2.50. The maximum Gasteiger partial charge on any atom is 0.345 e. The first kappa shape index (κ1) is 9.24. The zero-order valence-corrected chi connectivity index (χ0v) is 8.03. The number of nitrogens with zero attached hydrogens (tertiary/aromatic N) is 1. The summed E-state index contributed by atoms with van der Waals surface area (Å²) in [7, 11) is 0. The molecule has 1 heterocycles. The van der Waals surface area contributed by atoms with Crippen LogP contribution in [0.3, 0.4) is 0 Å². The minimum atomic E-state index is -0.332. The van der Waals surface area contributed by atoms with E-state index >= 15 is 0 Å². The fourth-order valence-corrected chi connectivity index (χ4v) is 1.77. The highest BCUT2D eigenvalue weighted by Gasteiger charge is 2.14. The van der Waals surface area contributed by atoms with Gasteiger partial charge in [-0.05, 0) is 25.7 Å². The molecule has 76 valence electrons. The van der Waals surface area contributed by atoms with Gasteiger partial charge in [0.05, 0.1) is 12.3 Å². The molecule has 0 aliphatic heterocycles. The number of aromatic nitrogens is 2. The Kier molecular flexibility index (Phi) is 2.81. The summed E-state index contributed by atoms with van der Waals surface area (Å²) in [5, 5.41) is 0. The van der Waals surface area contributed by atoms with Crippen LogP contribution in [-0.4, -0.2) is 16.1 Å². The van der Waals surface area contributed by atoms with Crippen molar-refractivity contribution >= 4 is 0 Å². The van der Waals surface area contributed by atoms with Gasteiger partial charge < -0.3 is 9.72 Å². The average molecular weight is 194 g/mol. The van der Waals surface area contributed by atoms with Crippen LogP contribution in [-0.2, 0) is 0 Å². The smallest absolute Gasteiger partial charge is 0.345 e. The Morgan fingerprint density at radius 1 is 1.36 bits per heavy atom. The summed E-state index contributed by atoms with van der Waals surface area (Å²) in [6.07, 6.45) is 9.36. The Labute approximate surface area is 82.3 Å². The van der Waals surface area contributed by atoms with Crippen molar-refractivity contribution in [1.82, 2.24) is 9.97 Å². The van der Waals surface area contributed by atoms with Crippen molar-refractivity contribution in [2.24, 2.45) is 0 Å². The molecule has 0 saturated heterocycles. The van der Waals surface area contributed by atoms with E-state index in [1.165, 1.54) is 25.5 Å². The molecule has 1 aromatic rings. The molecule has 4 heteroatoms. The van der Waals surface area contributed by atoms with E-state index < -0.39 is 0 Å². The standard InChI is InChI=1S/C10H14N2O2/c13-10-11-6-9(7-12-10)14-8-4-2-1-3-5-8/h6-8H,1-5H2,(H,11,12,13). The minimum Gasteiger partial charge on any atom is -0.487 e. The van der Waals surface area contributed by atoms with E-state index in [0.717, 1.165) is 12.8 Å². The van der Waals surface area contributed by atoms with Crippen LogP contribution in [0.2, 0.25) is 0 Å². The number of ether oxygens (including phenoxy) is 1. The van der Waals surface area contributed by atoms with Gasteiger partial charge >= 0.3 is 5.69 Å². The second-order valence-corrected chi connectivity index (χ2v) is 3.63. The first-order valence-electron chi connectivity index (χ1n) is 5.06. The molecule has 1 fully saturated rings. The van der Waals surface area contributed by atoms with Gasteiger partial charge in [0.2, 0.25) is 0 Å². The molecule has 14 heavy (non-hydrogen) atoms. The van der Waals surface area contributed by atoms with E-state index in [2.05, 4.69) is 9.97 Å². The molecule has 0 unspecified atom stereocenters. The van der Waals surface area contributed by atoms with E-state index in [1.807, 2.05) is 0 Å². The van der Waals surface area contributed by atoms with Crippen molar-refractivity contribution in [3.63, 3.8) is 0 Å². The van der Waals surface area contributed by atoms with Crippen LogP contribution >= 0.6 is 0 Å². The van der Waals surface area contributed by atoms with Gasteiger partial charge in [0.15, 0.2) is 5.75 Å². The highest BCUT2D eigenvalue weighted by Crippen LogP contribution is 2.21. The van der Waals surface area contributed by atoms with Gasteiger partial charge in [-0.15, -0.1) is 0 Å². The Balaban J connectivity index is 1.96. The maximum absolute atomic E-state index is 10.7. The fraction of sp³-hybridized carbons (Fsp3) is 0.600. The second-order valence-electron chi connectivity index (χ2n) is 3.63. The second kappa shape index (κ2) is 4.26. The topological polar surface area (TPSA) is 55.0 Å². The van der Waals surface area contributed by atoms with Crippen LogP contribution in [0, 0.1) is 0 Å². The molecule has 2 rings (SSSR count). The lowest BCUT2D eigenvalue weighted by atomic mass is 9.98. The Hall–Kier alpha value is -1.32. The molecule has 1 saturated carbocycles. The van der Waals surface area contributed by atoms with Crippen molar-refractivity contribution in [1.29, 1.82) is 0 Å². The number of H-pyrrole nitrogens is 1. The van der Waals surface area contributed by atoms with Crippen LogP contribution in [0.5, 0.6) is 5.75 Å². The molecule has 1 aliphatic rings. The monoisotopic (exact) mass is 194 g/mol. The van der Waals surface area contributed by atoms with E-state index in [-0.39, 0.29) is 5.69 Å². The molecule has 1 aromatic heterocycles. The van der Waals surface area contributed by atoms with E-state index in [0.29, 0.717) is 11.9 Å². The van der Waals surface area contributed by atoms with Crippen LogP contribution in [0.25, 0.3) is 0 Å². The van der Waals surface area contributed by atoms with Crippen molar-refractivity contribution in [3.8, 4) is 5.75 Å². The summed E-state index contributed by atoms with van der Waals surface area (Å²) in [6.45, 7) is 0. The molecule has 0 radical (unpaired) electrons. The van der Waals surface area contributed by atoms with E-state index in [9.17, 15) is 4.79 Å². The zero-order valence-electron chi connectivity index (χ0n) is 8.03. The predicted octanol–water partition coefficient (Wildman–Crippen LogP) is 1.48. The zero-order chi connectivity index (χ0) is 9.80. The highest BCUT2D eigenvalue weighted by atomic mass is 16.5. The van der Waals surface area contributed by atoms with Crippen LogP contribution < -0.4 is 10.4 Å². The molecular weight excluding hydrogens is 180 g/mol. The quantitative estimate of drug-likeness (QED) is 0.775. The summed E-state index contributed by atoms with van der Waals surface area (Å²) in [4.78, 5) is 16.8. The van der Waals surface area contributed by atoms with Gasteiger partial charge in [0.1, 0.15) is 0 Å². The SMILES string of the molecule is O=c1ncc(OC2CCCCC2)c[nH]1. The predicted molar refractivity (Wildman–Crippen MR) is 52.4 cm³/mol. The third kappa shape index (κ3) is 2.34. The molecule has 0 amide bonds. The summed E-state index contributed by atoms with van der Waals surface area (Å²) < 4.78 is 5.68. The average Bonchev–Trinajstić information content (AvgIpc) is 2.23. The molecule has 0 aromatic carbocycles. The number of rotatable bonds is 2. The lowest BCUT2D eigenvalue weighted by Crippen LogP contribution is -2.20. The summed E-state index contributed by atoms with van der Waals surface area (Å²) in [5.41, 5.74) is -0.332. The Bertz CT molecular complexity index is 322. The number of nitrogens with one attached hydrogen (secondary N) is 1. The Morgan fingerprint density at radius 2 is 2.14 bits per heavy atom. The van der Waals surface area contributed by atoms with Gasteiger partial charge in [-0.25, -0.2) is 4.79 Å². The first-order chi connectivity index (χ1) is 6.84. The normalized spacial score (nSPS) is 18.0. The largest absolute Gasteiger partial charge is 0.487 e. The van der Waals surface area contributed by atoms with Gasteiger partial charge in [0.25, 0.3) is 0 Å². The van der Waals surface area contributed by atoms with Gasteiger partial charge in [-0.2, -0.15) is 4.98 Å². The van der Waals surface area contributed by atoms with E-state index in [4.69, 9.17) is 4.74 Å². The third-order valence-corrected chi connectivity index (χ3v) is 2.50. The summed E-state index contributed by atoms with van der Waals surface area (Å²) in [5.74, 6) is 0.663. The number of aromatic amines is 1.